The van der Waals surface area contributed by atoms with E-state index in [-0.39, 0.29) is 44.9 Å². The maximum absolute atomic E-state index is 13.7. The Bertz CT molecular complexity index is 797. The minimum absolute atomic E-state index is 0.0927. The summed E-state index contributed by atoms with van der Waals surface area (Å²) in [4.78, 5) is 0. The molecule has 0 radical (unpaired) electrons. The van der Waals surface area contributed by atoms with Crippen LogP contribution < -0.4 is 0 Å². The summed E-state index contributed by atoms with van der Waals surface area (Å²) in [7, 11) is -13.3. The molecule has 0 saturated carbocycles. The molecule has 12 nitrogen and oxygen atoms in total. The Hall–Kier alpha value is 2.07. The van der Waals surface area contributed by atoms with Gasteiger partial charge in [0.2, 0.25) is 0 Å². The van der Waals surface area contributed by atoms with Gasteiger partial charge < -0.3 is 0 Å². The highest BCUT2D eigenvalue weighted by Crippen LogP contribution is 2.59. The highest BCUT2D eigenvalue weighted by Gasteiger charge is 2.44. The van der Waals surface area contributed by atoms with Gasteiger partial charge in [-0.2, -0.15) is 0 Å². The van der Waals surface area contributed by atoms with Crippen LogP contribution in [0.3, 0.4) is 0 Å². The summed E-state index contributed by atoms with van der Waals surface area (Å²) in [5, 5.41) is 0. The van der Waals surface area contributed by atoms with Gasteiger partial charge in [-0.1, -0.05) is 118 Å². The van der Waals surface area contributed by atoms with E-state index in [2.05, 4.69) is 0 Å². The van der Waals surface area contributed by atoms with Crippen molar-refractivity contribution >= 4 is 93.1 Å². The summed E-state index contributed by atoms with van der Waals surface area (Å²) in [5.74, 6) is 0. The molecule has 0 aromatic carbocycles. The monoisotopic (exact) mass is 830 g/mol. The van der Waals surface area contributed by atoms with E-state index in [0.29, 0.717) is 0 Å². The van der Waals surface area contributed by atoms with Gasteiger partial charge in [-0.15, -0.1) is 0 Å². The van der Waals surface area contributed by atoms with Gasteiger partial charge in [-0.05, 0) is 44.9 Å². The first-order valence-corrected chi connectivity index (χ1v) is 21.6. The van der Waals surface area contributed by atoms with Crippen molar-refractivity contribution in [3.63, 3.8) is 0 Å². The van der Waals surface area contributed by atoms with E-state index >= 15 is 0 Å². The number of hydrogen-bond acceptors (Lipinski definition) is 12. The standard InChI is InChI=1S/C24H47Cl6O12P3/c1-8-18(25)37-43(31,38-19(26)9-2)34-15-24(14-7,16-35-44(32,39-20(27)10-3)40-21(28)11-4)17-36-45(33,41-22(29)12-5)42-23(30)13-6/h18-23H,8-17H2,1-7H3. The molecule has 272 valence electrons. The lowest BCUT2D eigenvalue weighted by Crippen LogP contribution is -2.37. The fraction of sp³-hybridized carbons (Fsp3) is 1.00. The molecule has 0 aromatic rings. The van der Waals surface area contributed by atoms with Crippen LogP contribution in [0.5, 0.6) is 0 Å². The normalized spacial score (nSPS) is 21.8. The van der Waals surface area contributed by atoms with Crippen molar-refractivity contribution in [2.45, 2.75) is 127 Å². The molecule has 0 fully saturated rings. The highest BCUT2D eigenvalue weighted by atomic mass is 35.5. The quantitative estimate of drug-likeness (QED) is 0.0548. The molecule has 0 saturated heterocycles. The van der Waals surface area contributed by atoms with Crippen molar-refractivity contribution in [3.8, 4) is 0 Å². The Morgan fingerprint density at radius 3 is 0.733 bits per heavy atom. The topological polar surface area (TPSA) is 134 Å². The first-order chi connectivity index (χ1) is 20.9. The van der Waals surface area contributed by atoms with Gasteiger partial charge in [0, 0.05) is 5.41 Å². The van der Waals surface area contributed by atoms with Crippen LogP contribution in [0.15, 0.2) is 0 Å². The molecule has 0 aromatic heterocycles. The summed E-state index contributed by atoms with van der Waals surface area (Å²) in [6.45, 7) is 10.2. The second kappa shape index (κ2) is 23.5. The van der Waals surface area contributed by atoms with Crippen molar-refractivity contribution in [1.82, 2.24) is 0 Å². The number of alkyl halides is 6. The largest absolute Gasteiger partial charge is 0.477 e. The smallest absolute Gasteiger partial charge is 0.286 e. The minimum Gasteiger partial charge on any atom is -0.286 e. The van der Waals surface area contributed by atoms with E-state index in [9.17, 15) is 13.7 Å². The second-order valence-corrected chi connectivity index (χ2v) is 17.2. The van der Waals surface area contributed by atoms with Gasteiger partial charge in [-0.3, -0.25) is 40.7 Å². The molecule has 0 bridgehead atoms. The minimum atomic E-state index is -4.44. The van der Waals surface area contributed by atoms with Crippen LogP contribution in [0.1, 0.15) is 93.4 Å². The molecule has 0 aliphatic heterocycles. The Morgan fingerprint density at radius 2 is 0.600 bits per heavy atom. The molecule has 6 atom stereocenters. The van der Waals surface area contributed by atoms with Crippen molar-refractivity contribution in [2.24, 2.45) is 5.41 Å². The molecule has 0 amide bonds. The second-order valence-electron chi connectivity index (χ2n) is 9.56. The van der Waals surface area contributed by atoms with E-state index in [1.54, 1.807) is 48.5 Å². The lowest BCUT2D eigenvalue weighted by molar-refractivity contribution is -0.0224. The Morgan fingerprint density at radius 1 is 0.422 bits per heavy atom. The molecule has 0 N–H and O–H groups in total. The molecule has 21 heteroatoms. The van der Waals surface area contributed by atoms with Gasteiger partial charge in [0.05, 0.1) is 19.8 Å². The van der Waals surface area contributed by atoms with E-state index in [1.165, 1.54) is 0 Å². The lowest BCUT2D eigenvalue weighted by Gasteiger charge is -2.35. The van der Waals surface area contributed by atoms with E-state index in [4.69, 9.17) is 110 Å². The van der Waals surface area contributed by atoms with Gasteiger partial charge in [0.25, 0.3) is 0 Å². The van der Waals surface area contributed by atoms with Crippen LogP contribution in [0.4, 0.5) is 0 Å². The molecule has 0 spiro atoms. The number of halogens is 6. The van der Waals surface area contributed by atoms with Crippen LogP contribution in [-0.4, -0.2) is 53.2 Å². The maximum atomic E-state index is 13.7. The zero-order chi connectivity index (χ0) is 34.9. The maximum Gasteiger partial charge on any atom is 0.477 e. The molecule has 0 heterocycles. The van der Waals surface area contributed by atoms with Crippen molar-refractivity contribution in [2.75, 3.05) is 19.8 Å². The number of phosphoric ester groups is 3. The van der Waals surface area contributed by atoms with Crippen LogP contribution in [0, 0.1) is 5.41 Å². The third kappa shape index (κ3) is 19.3. The summed E-state index contributed by atoms with van der Waals surface area (Å²) < 4.78 is 90.4. The zero-order valence-electron chi connectivity index (χ0n) is 26.5. The Balaban J connectivity index is 6.63. The van der Waals surface area contributed by atoms with Gasteiger partial charge in [0.15, 0.2) is 0 Å². The summed E-state index contributed by atoms with van der Waals surface area (Å²) >= 11 is 36.7. The highest BCUT2D eigenvalue weighted by molar-refractivity contribution is 7.49. The molecule has 6 unspecified atom stereocenters. The fourth-order valence-corrected chi connectivity index (χ4v) is 8.77. The van der Waals surface area contributed by atoms with Crippen LogP contribution in [0.2, 0.25) is 0 Å². The molecular formula is C24H47Cl6O12P3. The van der Waals surface area contributed by atoms with Gasteiger partial charge in [0.1, 0.15) is 33.4 Å². The third-order valence-corrected chi connectivity index (χ3v) is 13.3. The first kappa shape index (κ1) is 47.1. The number of phosphoric acid groups is 3. The molecular weight excluding hydrogens is 786 g/mol. The summed E-state index contributed by atoms with van der Waals surface area (Å²) in [6.07, 6.45) is 1.59. The van der Waals surface area contributed by atoms with Gasteiger partial charge >= 0.3 is 23.5 Å². The van der Waals surface area contributed by atoms with E-state index in [1.807, 2.05) is 0 Å². The third-order valence-electron chi connectivity index (χ3n) is 5.72. The van der Waals surface area contributed by atoms with Crippen LogP contribution in [0.25, 0.3) is 0 Å². The average molecular weight is 833 g/mol. The number of rotatable bonds is 28. The van der Waals surface area contributed by atoms with Crippen LogP contribution >= 0.6 is 93.1 Å². The Labute approximate surface area is 298 Å². The SMILES string of the molecule is CCC(Cl)OP(=O)(OCC(CC)(COP(=O)(OC(Cl)CC)OC(Cl)CC)COP(=O)(OC(Cl)CC)OC(Cl)CC)OC(Cl)CC. The molecule has 0 aliphatic carbocycles. The predicted molar refractivity (Wildman–Crippen MR) is 180 cm³/mol. The van der Waals surface area contributed by atoms with Crippen molar-refractivity contribution in [1.29, 1.82) is 0 Å². The van der Waals surface area contributed by atoms with E-state index in [0.717, 1.165) is 0 Å². The van der Waals surface area contributed by atoms with Crippen LogP contribution in [-0.2, 0) is 54.4 Å². The summed E-state index contributed by atoms with van der Waals surface area (Å²) in [5.41, 5.74) is -7.79. The van der Waals surface area contributed by atoms with Crippen molar-refractivity contribution < 1.29 is 54.4 Å². The summed E-state index contributed by atoms with van der Waals surface area (Å²) in [6, 6.07) is 0. The molecule has 45 heavy (non-hydrogen) atoms. The molecule has 0 rings (SSSR count). The number of hydrogen-bond donors (Lipinski definition) is 0. The molecule has 0 aliphatic rings. The lowest BCUT2D eigenvalue weighted by atomic mass is 9.88. The van der Waals surface area contributed by atoms with Crippen molar-refractivity contribution in [3.05, 3.63) is 0 Å². The van der Waals surface area contributed by atoms with E-state index < -0.39 is 82.1 Å². The average Bonchev–Trinajstić information content (AvgIpc) is 3.00. The zero-order valence-corrected chi connectivity index (χ0v) is 33.8. The first-order valence-electron chi connectivity index (χ1n) is 14.6. The van der Waals surface area contributed by atoms with Gasteiger partial charge in [-0.25, -0.2) is 13.7 Å². The fourth-order valence-electron chi connectivity index (χ4n) is 2.62. The predicted octanol–water partition coefficient (Wildman–Crippen LogP) is 11.7. The Kier molecular flexibility index (Phi) is 24.6.